The Bertz CT molecular complexity index is 1040. The molecule has 0 aliphatic rings. The van der Waals surface area contributed by atoms with Crippen molar-refractivity contribution >= 4 is 11.8 Å². The molecule has 0 bridgehead atoms. The average Bonchev–Trinajstić information content (AvgIpc) is 3.12. The topological polar surface area (TPSA) is 79.7 Å². The molecule has 0 fully saturated rings. The van der Waals surface area contributed by atoms with Crippen molar-refractivity contribution in [2.75, 3.05) is 26.4 Å². The highest BCUT2D eigenvalue weighted by atomic mass is 32.2. The van der Waals surface area contributed by atoms with E-state index in [0.717, 1.165) is 56.7 Å². The van der Waals surface area contributed by atoms with Crippen LogP contribution in [-0.2, 0) is 18.7 Å². The van der Waals surface area contributed by atoms with E-state index in [9.17, 15) is 5.21 Å². The van der Waals surface area contributed by atoms with Crippen molar-refractivity contribution in [3.63, 3.8) is 0 Å². The molecule has 0 saturated carbocycles. The number of thioether (sulfide) groups is 1. The third kappa shape index (κ3) is 6.47. The van der Waals surface area contributed by atoms with E-state index >= 15 is 0 Å². The standard InChI is InChI=1S/C22H29N5O2S/c1-16-9-18(11-24-17(16)2)10-19-12-25-22(27(28)13-19)23-7-8-30-15-21-6-5-20(29-21)14-26(3)4/h5-6,9,11-13,28H,7-8,10,14-15H2,1-4H3. The van der Waals surface area contributed by atoms with Gasteiger partial charge in [0.25, 0.3) is 5.62 Å². The third-order valence-corrected chi connectivity index (χ3v) is 5.53. The van der Waals surface area contributed by atoms with Gasteiger partial charge in [0.2, 0.25) is 0 Å². The third-order valence-electron chi connectivity index (χ3n) is 4.57. The summed E-state index contributed by atoms with van der Waals surface area (Å²) in [6, 6.07) is 6.16. The molecule has 0 aliphatic heterocycles. The second-order valence-electron chi connectivity index (χ2n) is 7.57. The van der Waals surface area contributed by atoms with E-state index in [2.05, 4.69) is 25.9 Å². The smallest absolute Gasteiger partial charge is 0.258 e. The summed E-state index contributed by atoms with van der Waals surface area (Å²) in [5.41, 5.74) is 4.49. The van der Waals surface area contributed by atoms with Crippen LogP contribution in [0.2, 0.25) is 0 Å². The summed E-state index contributed by atoms with van der Waals surface area (Å²) in [5.74, 6) is 3.57. The van der Waals surface area contributed by atoms with Crippen molar-refractivity contribution in [3.8, 4) is 0 Å². The molecule has 0 unspecified atom stereocenters. The Morgan fingerprint density at radius 1 is 1.13 bits per heavy atom. The van der Waals surface area contributed by atoms with E-state index in [4.69, 9.17) is 4.42 Å². The predicted molar refractivity (Wildman–Crippen MR) is 119 cm³/mol. The van der Waals surface area contributed by atoms with Crippen molar-refractivity contribution < 1.29 is 9.62 Å². The predicted octanol–water partition coefficient (Wildman–Crippen LogP) is 3.21. The molecule has 1 N–H and O–H groups in total. The minimum absolute atomic E-state index is 0.309. The number of nitrogens with zero attached hydrogens (tertiary/aromatic N) is 5. The first-order valence-electron chi connectivity index (χ1n) is 9.90. The molecule has 0 amide bonds. The normalized spacial score (nSPS) is 12.1. The number of aryl methyl sites for hydroxylation is 2. The lowest BCUT2D eigenvalue weighted by Gasteiger charge is -2.06. The fraction of sp³-hybridized carbons (Fsp3) is 0.409. The molecular weight excluding hydrogens is 398 g/mol. The largest absolute Gasteiger partial charge is 0.464 e. The Morgan fingerprint density at radius 3 is 2.63 bits per heavy atom. The Balaban J connectivity index is 1.49. The molecule has 3 rings (SSSR count). The van der Waals surface area contributed by atoms with Crippen molar-refractivity contribution in [1.29, 1.82) is 0 Å². The molecule has 0 radical (unpaired) electrons. The number of hydrogen-bond acceptors (Lipinski definition) is 7. The summed E-state index contributed by atoms with van der Waals surface area (Å²) in [5, 5.41) is 10.2. The van der Waals surface area contributed by atoms with Gasteiger partial charge in [-0.2, -0.15) is 16.5 Å². The van der Waals surface area contributed by atoms with Gasteiger partial charge in [-0.05, 0) is 56.8 Å². The number of aromatic nitrogens is 3. The van der Waals surface area contributed by atoms with Crippen LogP contribution in [0.25, 0.3) is 0 Å². The van der Waals surface area contributed by atoms with E-state index in [1.54, 1.807) is 24.2 Å². The highest BCUT2D eigenvalue weighted by Gasteiger charge is 2.04. The van der Waals surface area contributed by atoms with E-state index < -0.39 is 0 Å². The van der Waals surface area contributed by atoms with Crippen molar-refractivity contribution in [2.24, 2.45) is 4.99 Å². The monoisotopic (exact) mass is 427 g/mol. The lowest BCUT2D eigenvalue weighted by atomic mass is 10.1. The molecular formula is C22H29N5O2S. The summed E-state index contributed by atoms with van der Waals surface area (Å²) in [6.07, 6.45) is 5.94. The maximum atomic E-state index is 10.2. The maximum absolute atomic E-state index is 10.2. The van der Waals surface area contributed by atoms with Gasteiger partial charge < -0.3 is 14.5 Å². The fourth-order valence-corrected chi connectivity index (χ4v) is 3.69. The van der Waals surface area contributed by atoms with Gasteiger partial charge in [0.15, 0.2) is 0 Å². The number of pyridine rings is 1. The van der Waals surface area contributed by atoms with Gasteiger partial charge in [-0.1, -0.05) is 6.07 Å². The van der Waals surface area contributed by atoms with Crippen molar-refractivity contribution in [1.82, 2.24) is 19.6 Å². The molecule has 3 heterocycles. The molecule has 0 atom stereocenters. The molecule has 160 valence electrons. The zero-order valence-electron chi connectivity index (χ0n) is 18.0. The summed E-state index contributed by atoms with van der Waals surface area (Å²) in [7, 11) is 4.04. The first-order chi connectivity index (χ1) is 14.4. The van der Waals surface area contributed by atoms with Crippen LogP contribution in [-0.4, -0.2) is 51.2 Å². The van der Waals surface area contributed by atoms with Crippen LogP contribution in [0.4, 0.5) is 0 Å². The van der Waals surface area contributed by atoms with Gasteiger partial charge in [0.05, 0.1) is 25.0 Å². The highest BCUT2D eigenvalue weighted by molar-refractivity contribution is 7.98. The fourth-order valence-electron chi connectivity index (χ4n) is 2.97. The maximum Gasteiger partial charge on any atom is 0.258 e. The van der Waals surface area contributed by atoms with Crippen molar-refractivity contribution in [2.45, 2.75) is 32.6 Å². The molecule has 7 nitrogen and oxygen atoms in total. The molecule has 0 aromatic carbocycles. The summed E-state index contributed by atoms with van der Waals surface area (Å²) < 4.78 is 6.79. The molecule has 0 spiro atoms. The van der Waals surface area contributed by atoms with Crippen LogP contribution in [0, 0.1) is 13.8 Å². The molecule has 30 heavy (non-hydrogen) atoms. The molecule has 0 aliphatic carbocycles. The van der Waals surface area contributed by atoms with Crippen LogP contribution in [0.1, 0.15) is 33.9 Å². The van der Waals surface area contributed by atoms with E-state index in [1.807, 2.05) is 46.3 Å². The van der Waals surface area contributed by atoms with Crippen LogP contribution in [0.3, 0.4) is 0 Å². The minimum atomic E-state index is 0.309. The van der Waals surface area contributed by atoms with E-state index in [1.165, 1.54) is 0 Å². The average molecular weight is 428 g/mol. The van der Waals surface area contributed by atoms with Crippen LogP contribution in [0.5, 0.6) is 0 Å². The quantitative estimate of drug-likeness (QED) is 0.417. The second-order valence-corrected chi connectivity index (χ2v) is 8.67. The van der Waals surface area contributed by atoms with Gasteiger partial charge in [-0.3, -0.25) is 4.98 Å². The molecule has 0 saturated heterocycles. The highest BCUT2D eigenvalue weighted by Crippen LogP contribution is 2.16. The molecule has 3 aromatic heterocycles. The van der Waals surface area contributed by atoms with Gasteiger partial charge in [-0.15, -0.1) is 0 Å². The van der Waals surface area contributed by atoms with Gasteiger partial charge >= 0.3 is 0 Å². The SMILES string of the molecule is Cc1cc(Cc2cnc(=NCCSCc3ccc(CN(C)C)o3)n(O)c2)cnc1C. The summed E-state index contributed by atoms with van der Waals surface area (Å²) >= 11 is 1.74. The number of furan rings is 1. The first kappa shape index (κ1) is 22.1. The zero-order valence-corrected chi connectivity index (χ0v) is 18.8. The minimum Gasteiger partial charge on any atom is -0.464 e. The Labute approximate surface area is 181 Å². The van der Waals surface area contributed by atoms with Crippen LogP contribution in [0.15, 0.2) is 46.2 Å². The number of hydrogen-bond donors (Lipinski definition) is 1. The van der Waals surface area contributed by atoms with Crippen LogP contribution >= 0.6 is 11.8 Å². The van der Waals surface area contributed by atoms with E-state index in [-0.39, 0.29) is 0 Å². The molecule has 8 heteroatoms. The van der Waals surface area contributed by atoms with Gasteiger partial charge in [0, 0.05) is 30.3 Å². The van der Waals surface area contributed by atoms with Crippen LogP contribution < -0.4 is 5.62 Å². The van der Waals surface area contributed by atoms with Gasteiger partial charge in [-0.25, -0.2) is 9.98 Å². The first-order valence-corrected chi connectivity index (χ1v) is 11.1. The Morgan fingerprint density at radius 2 is 1.90 bits per heavy atom. The zero-order chi connectivity index (χ0) is 21.5. The Kier molecular flexibility index (Phi) is 7.70. The van der Waals surface area contributed by atoms with Crippen molar-refractivity contribution in [3.05, 3.63) is 76.3 Å². The number of rotatable bonds is 9. The second kappa shape index (κ2) is 10.4. The summed E-state index contributed by atoms with van der Waals surface area (Å²) in [6.45, 7) is 5.42. The lowest BCUT2D eigenvalue weighted by molar-refractivity contribution is 0.165. The molecule has 3 aromatic rings. The summed E-state index contributed by atoms with van der Waals surface area (Å²) in [4.78, 5) is 15.1. The Hall–Kier alpha value is -2.58. The van der Waals surface area contributed by atoms with E-state index in [0.29, 0.717) is 18.6 Å². The van der Waals surface area contributed by atoms with Gasteiger partial charge in [0.1, 0.15) is 11.5 Å². The lowest BCUT2D eigenvalue weighted by Crippen LogP contribution is -2.23.